The predicted molar refractivity (Wildman–Crippen MR) is 129 cm³/mol. The largest absolute Gasteiger partial charge is 0.378 e. The van der Waals surface area contributed by atoms with E-state index in [1.165, 1.54) is 28.2 Å². The van der Waals surface area contributed by atoms with Crippen molar-refractivity contribution in [2.75, 3.05) is 62.6 Å². The summed E-state index contributed by atoms with van der Waals surface area (Å²) in [4.78, 5) is 15.8. The summed E-state index contributed by atoms with van der Waals surface area (Å²) >= 11 is 0. The van der Waals surface area contributed by atoms with E-state index >= 15 is 0 Å². The summed E-state index contributed by atoms with van der Waals surface area (Å²) in [7, 11) is -3.71. The molecule has 0 amide bonds. The van der Waals surface area contributed by atoms with Crippen LogP contribution in [0.5, 0.6) is 0 Å². The minimum absolute atomic E-state index is 0.0151. The molecular formula is C23H31N5O4S. The molecule has 0 aliphatic carbocycles. The number of nitro groups is 1. The van der Waals surface area contributed by atoms with Crippen molar-refractivity contribution in [1.82, 2.24) is 9.21 Å². The molecule has 0 atom stereocenters. The minimum Gasteiger partial charge on any atom is -0.378 e. The maximum Gasteiger partial charge on any atom is 0.293 e. The number of anilines is 2. The fourth-order valence-electron chi connectivity index (χ4n) is 4.44. The molecule has 4 rings (SSSR count). The van der Waals surface area contributed by atoms with Gasteiger partial charge in [0, 0.05) is 64.1 Å². The van der Waals surface area contributed by atoms with Crippen molar-refractivity contribution in [3.63, 3.8) is 0 Å². The molecule has 0 spiro atoms. The van der Waals surface area contributed by atoms with Gasteiger partial charge in [-0.25, -0.2) is 8.42 Å². The number of hydrogen-bond donors (Lipinski definition) is 1. The van der Waals surface area contributed by atoms with Crippen LogP contribution in [0.1, 0.15) is 19.3 Å². The lowest BCUT2D eigenvalue weighted by atomic mass is 10.2. The van der Waals surface area contributed by atoms with Crippen LogP contribution in [0.15, 0.2) is 53.4 Å². The van der Waals surface area contributed by atoms with Crippen LogP contribution < -0.4 is 10.2 Å². The second kappa shape index (κ2) is 10.5. The minimum atomic E-state index is -3.71. The SMILES string of the molecule is O=[N+]([O-])c1cc(S(=O)(=O)N2CCCCC2)ccc1NCCN1CCN(c2ccccc2)CC1. The van der Waals surface area contributed by atoms with Gasteiger partial charge in [-0.15, -0.1) is 0 Å². The molecule has 2 aromatic rings. The maximum absolute atomic E-state index is 12.9. The van der Waals surface area contributed by atoms with Gasteiger partial charge in [-0.05, 0) is 37.1 Å². The van der Waals surface area contributed by atoms with Crippen LogP contribution in [0.3, 0.4) is 0 Å². The molecule has 178 valence electrons. The van der Waals surface area contributed by atoms with Gasteiger partial charge in [-0.3, -0.25) is 15.0 Å². The maximum atomic E-state index is 12.9. The molecule has 1 N–H and O–H groups in total. The van der Waals surface area contributed by atoms with Gasteiger partial charge in [0.05, 0.1) is 9.82 Å². The average molecular weight is 474 g/mol. The molecule has 2 heterocycles. The molecule has 0 bridgehead atoms. The Bertz CT molecular complexity index is 1050. The van der Waals surface area contributed by atoms with Gasteiger partial charge in [0.1, 0.15) is 5.69 Å². The average Bonchev–Trinajstić information content (AvgIpc) is 2.85. The second-order valence-electron chi connectivity index (χ2n) is 8.49. The standard InChI is InChI=1S/C23H31N5O4S/c29-28(30)23-19-21(33(31,32)27-12-5-2-6-13-27)9-10-22(23)24-11-14-25-15-17-26(18-16-25)20-7-3-1-4-8-20/h1,3-4,7-10,19,24H,2,5-6,11-18H2. The van der Waals surface area contributed by atoms with Crippen molar-refractivity contribution in [2.45, 2.75) is 24.2 Å². The highest BCUT2D eigenvalue weighted by Gasteiger charge is 2.28. The Morgan fingerprint density at radius 2 is 1.61 bits per heavy atom. The molecule has 2 aromatic carbocycles. The lowest BCUT2D eigenvalue weighted by Gasteiger charge is -2.36. The van der Waals surface area contributed by atoms with Crippen LogP contribution in [0.2, 0.25) is 0 Å². The van der Waals surface area contributed by atoms with Crippen LogP contribution >= 0.6 is 0 Å². The van der Waals surface area contributed by atoms with Crippen LogP contribution in [-0.4, -0.2) is 74.9 Å². The molecule has 2 saturated heterocycles. The Morgan fingerprint density at radius 3 is 2.27 bits per heavy atom. The molecule has 0 aromatic heterocycles. The number of nitro benzene ring substituents is 1. The third-order valence-corrected chi connectivity index (χ3v) is 8.25. The summed E-state index contributed by atoms with van der Waals surface area (Å²) < 4.78 is 27.2. The number of sulfonamides is 1. The van der Waals surface area contributed by atoms with Gasteiger partial charge in [0.2, 0.25) is 10.0 Å². The third-order valence-electron chi connectivity index (χ3n) is 6.36. The lowest BCUT2D eigenvalue weighted by molar-refractivity contribution is -0.384. The fourth-order valence-corrected chi connectivity index (χ4v) is 5.98. The van der Waals surface area contributed by atoms with Crippen LogP contribution in [0, 0.1) is 10.1 Å². The first kappa shape index (κ1) is 23.5. The number of piperazine rings is 1. The molecule has 0 radical (unpaired) electrons. The first-order valence-electron chi connectivity index (χ1n) is 11.5. The Hall–Kier alpha value is -2.69. The fraction of sp³-hybridized carbons (Fsp3) is 0.478. The van der Waals surface area contributed by atoms with Crippen LogP contribution in [-0.2, 0) is 10.0 Å². The van der Waals surface area contributed by atoms with Crippen molar-refractivity contribution >= 4 is 27.1 Å². The topological polar surface area (TPSA) is 99.0 Å². The Morgan fingerprint density at radius 1 is 0.909 bits per heavy atom. The molecule has 9 nitrogen and oxygen atoms in total. The van der Waals surface area contributed by atoms with E-state index in [0.29, 0.717) is 25.3 Å². The van der Waals surface area contributed by atoms with E-state index in [1.54, 1.807) is 0 Å². The Balaban J connectivity index is 1.34. The van der Waals surface area contributed by atoms with Crippen LogP contribution in [0.4, 0.5) is 17.1 Å². The molecular weight excluding hydrogens is 442 g/mol. The molecule has 33 heavy (non-hydrogen) atoms. The smallest absolute Gasteiger partial charge is 0.293 e. The lowest BCUT2D eigenvalue weighted by Crippen LogP contribution is -2.47. The van der Waals surface area contributed by atoms with Crippen molar-refractivity contribution in [1.29, 1.82) is 0 Å². The molecule has 0 unspecified atom stereocenters. The molecule has 2 aliphatic heterocycles. The van der Waals surface area contributed by atoms with Crippen molar-refractivity contribution < 1.29 is 13.3 Å². The normalized spacial score (nSPS) is 18.2. The zero-order valence-corrected chi connectivity index (χ0v) is 19.5. The molecule has 2 aliphatic rings. The zero-order chi connectivity index (χ0) is 23.3. The molecule has 0 saturated carbocycles. The highest BCUT2D eigenvalue weighted by Crippen LogP contribution is 2.30. The summed E-state index contributed by atoms with van der Waals surface area (Å²) in [5.41, 5.74) is 1.37. The first-order valence-corrected chi connectivity index (χ1v) is 12.9. The second-order valence-corrected chi connectivity index (χ2v) is 10.4. The number of piperidine rings is 1. The number of benzene rings is 2. The van der Waals surface area contributed by atoms with Gasteiger partial charge >= 0.3 is 0 Å². The predicted octanol–water partition coefficient (Wildman–Crippen LogP) is 3.00. The summed E-state index contributed by atoms with van der Waals surface area (Å²) in [6, 6.07) is 14.5. The zero-order valence-electron chi connectivity index (χ0n) is 18.7. The van der Waals surface area contributed by atoms with E-state index < -0.39 is 14.9 Å². The Kier molecular flexibility index (Phi) is 7.46. The van der Waals surface area contributed by atoms with Gasteiger partial charge in [-0.2, -0.15) is 4.31 Å². The first-order chi connectivity index (χ1) is 15.9. The summed E-state index contributed by atoms with van der Waals surface area (Å²) in [6.07, 6.45) is 2.65. The van der Waals surface area contributed by atoms with Crippen molar-refractivity contribution in [2.24, 2.45) is 0 Å². The van der Waals surface area contributed by atoms with E-state index in [2.05, 4.69) is 27.2 Å². The van der Waals surface area contributed by atoms with E-state index in [4.69, 9.17) is 0 Å². The number of nitrogens with zero attached hydrogens (tertiary/aromatic N) is 4. The quantitative estimate of drug-likeness (QED) is 0.465. The highest BCUT2D eigenvalue weighted by atomic mass is 32.2. The van der Waals surface area contributed by atoms with Crippen molar-refractivity contribution in [3.8, 4) is 0 Å². The summed E-state index contributed by atoms with van der Waals surface area (Å²) in [6.45, 7) is 5.96. The number of hydrogen-bond acceptors (Lipinski definition) is 7. The third kappa shape index (κ3) is 5.63. The van der Waals surface area contributed by atoms with Crippen LogP contribution in [0.25, 0.3) is 0 Å². The van der Waals surface area contributed by atoms with Gasteiger partial charge in [0.15, 0.2) is 0 Å². The van der Waals surface area contributed by atoms with E-state index in [9.17, 15) is 18.5 Å². The summed E-state index contributed by atoms with van der Waals surface area (Å²) in [5.74, 6) is 0. The molecule has 2 fully saturated rings. The number of para-hydroxylation sites is 1. The van der Waals surface area contributed by atoms with E-state index in [1.807, 2.05) is 18.2 Å². The Labute approximate surface area is 195 Å². The van der Waals surface area contributed by atoms with Gasteiger partial charge < -0.3 is 10.2 Å². The molecule has 10 heteroatoms. The highest BCUT2D eigenvalue weighted by molar-refractivity contribution is 7.89. The number of rotatable bonds is 8. The summed E-state index contributed by atoms with van der Waals surface area (Å²) in [5, 5.41) is 14.8. The van der Waals surface area contributed by atoms with Gasteiger partial charge in [0.25, 0.3) is 5.69 Å². The van der Waals surface area contributed by atoms with E-state index in [0.717, 1.165) is 52.0 Å². The van der Waals surface area contributed by atoms with Crippen molar-refractivity contribution in [3.05, 3.63) is 58.6 Å². The van der Waals surface area contributed by atoms with E-state index in [-0.39, 0.29) is 10.6 Å². The number of nitrogens with one attached hydrogen (secondary N) is 1. The monoisotopic (exact) mass is 473 g/mol. The van der Waals surface area contributed by atoms with Gasteiger partial charge in [-0.1, -0.05) is 24.6 Å².